The zero-order valence-corrected chi connectivity index (χ0v) is 12.1. The topological polar surface area (TPSA) is 55.1 Å². The second-order valence-corrected chi connectivity index (χ2v) is 5.13. The van der Waals surface area contributed by atoms with Crippen molar-refractivity contribution in [3.05, 3.63) is 57.3 Å². The molecule has 2 rings (SSSR count). The van der Waals surface area contributed by atoms with Crippen LogP contribution in [0.4, 0.5) is 0 Å². The van der Waals surface area contributed by atoms with Crippen molar-refractivity contribution in [1.82, 2.24) is 5.32 Å². The summed E-state index contributed by atoms with van der Waals surface area (Å²) in [6, 6.07) is 7.52. The SMILES string of the molecule is Cc1ccc(C(=O)NCc2ccsc2)cc1C#CCN. The summed E-state index contributed by atoms with van der Waals surface area (Å²) in [5, 5.41) is 6.91. The van der Waals surface area contributed by atoms with Crippen molar-refractivity contribution in [2.75, 3.05) is 6.54 Å². The Labute approximate surface area is 122 Å². The van der Waals surface area contributed by atoms with E-state index in [9.17, 15) is 4.79 Å². The fourth-order valence-corrected chi connectivity index (χ4v) is 2.39. The van der Waals surface area contributed by atoms with E-state index in [1.807, 2.05) is 35.9 Å². The lowest BCUT2D eigenvalue weighted by molar-refractivity contribution is 0.0951. The first-order valence-electron chi connectivity index (χ1n) is 6.29. The molecular weight excluding hydrogens is 268 g/mol. The molecule has 3 N–H and O–H groups in total. The van der Waals surface area contributed by atoms with Crippen molar-refractivity contribution in [2.24, 2.45) is 5.73 Å². The predicted octanol–water partition coefficient (Wildman–Crippen LogP) is 2.30. The Hall–Kier alpha value is -2.09. The molecule has 1 heterocycles. The third-order valence-corrected chi connectivity index (χ3v) is 3.59. The Morgan fingerprint density at radius 2 is 2.25 bits per heavy atom. The van der Waals surface area contributed by atoms with Gasteiger partial charge in [0.25, 0.3) is 5.91 Å². The van der Waals surface area contributed by atoms with E-state index in [-0.39, 0.29) is 5.91 Å². The summed E-state index contributed by atoms with van der Waals surface area (Å²) in [7, 11) is 0. The smallest absolute Gasteiger partial charge is 0.251 e. The van der Waals surface area contributed by atoms with Gasteiger partial charge in [-0.05, 0) is 47.0 Å². The fraction of sp³-hybridized carbons (Fsp3) is 0.188. The van der Waals surface area contributed by atoms with E-state index in [1.54, 1.807) is 17.4 Å². The molecule has 4 heteroatoms. The van der Waals surface area contributed by atoms with Gasteiger partial charge < -0.3 is 11.1 Å². The van der Waals surface area contributed by atoms with Gasteiger partial charge in [-0.25, -0.2) is 0 Å². The van der Waals surface area contributed by atoms with Gasteiger partial charge >= 0.3 is 0 Å². The van der Waals surface area contributed by atoms with Crippen LogP contribution in [0.25, 0.3) is 0 Å². The summed E-state index contributed by atoms with van der Waals surface area (Å²) in [4.78, 5) is 12.1. The van der Waals surface area contributed by atoms with E-state index >= 15 is 0 Å². The van der Waals surface area contributed by atoms with Crippen LogP contribution >= 0.6 is 11.3 Å². The highest BCUT2D eigenvalue weighted by Gasteiger charge is 2.07. The molecule has 20 heavy (non-hydrogen) atoms. The van der Waals surface area contributed by atoms with Crippen LogP contribution in [-0.2, 0) is 6.54 Å². The molecule has 0 radical (unpaired) electrons. The maximum atomic E-state index is 12.1. The van der Waals surface area contributed by atoms with Crippen molar-refractivity contribution in [3.63, 3.8) is 0 Å². The number of hydrogen-bond donors (Lipinski definition) is 2. The van der Waals surface area contributed by atoms with Crippen LogP contribution in [0.15, 0.2) is 35.0 Å². The number of rotatable bonds is 3. The maximum Gasteiger partial charge on any atom is 0.251 e. The van der Waals surface area contributed by atoms with Gasteiger partial charge in [-0.3, -0.25) is 4.79 Å². The Morgan fingerprint density at radius 3 is 2.95 bits per heavy atom. The van der Waals surface area contributed by atoms with Gasteiger partial charge in [0.05, 0.1) is 6.54 Å². The molecule has 1 aromatic carbocycles. The van der Waals surface area contributed by atoms with Gasteiger partial charge in [-0.2, -0.15) is 11.3 Å². The van der Waals surface area contributed by atoms with Crippen LogP contribution in [0.3, 0.4) is 0 Å². The lowest BCUT2D eigenvalue weighted by atomic mass is 10.0. The standard InChI is InChI=1S/C16H16N2OS/c1-12-4-5-15(9-14(12)3-2-7-17)16(19)18-10-13-6-8-20-11-13/h4-6,8-9,11H,7,10,17H2,1H3,(H,18,19). The van der Waals surface area contributed by atoms with Crippen molar-refractivity contribution < 1.29 is 4.79 Å². The number of aryl methyl sites for hydroxylation is 1. The summed E-state index contributed by atoms with van der Waals surface area (Å²) < 4.78 is 0. The van der Waals surface area contributed by atoms with Crippen molar-refractivity contribution >= 4 is 17.2 Å². The molecule has 3 nitrogen and oxygen atoms in total. The lowest BCUT2D eigenvalue weighted by Crippen LogP contribution is -2.22. The molecule has 0 saturated carbocycles. The average molecular weight is 284 g/mol. The van der Waals surface area contributed by atoms with Crippen LogP contribution in [0.2, 0.25) is 0 Å². The largest absolute Gasteiger partial charge is 0.348 e. The molecule has 1 aromatic heterocycles. The first-order valence-corrected chi connectivity index (χ1v) is 7.24. The van der Waals surface area contributed by atoms with Gasteiger partial charge in [-0.1, -0.05) is 17.9 Å². The summed E-state index contributed by atoms with van der Waals surface area (Å²) in [6.07, 6.45) is 0. The molecule has 0 spiro atoms. The number of carbonyl (C=O) groups excluding carboxylic acids is 1. The molecule has 102 valence electrons. The Morgan fingerprint density at radius 1 is 1.40 bits per heavy atom. The minimum atomic E-state index is -0.0907. The second kappa shape index (κ2) is 6.90. The normalized spacial score (nSPS) is 9.70. The summed E-state index contributed by atoms with van der Waals surface area (Å²) in [6.45, 7) is 2.82. The molecule has 1 amide bonds. The van der Waals surface area contributed by atoms with Crippen LogP contribution in [-0.4, -0.2) is 12.5 Å². The zero-order valence-electron chi connectivity index (χ0n) is 11.3. The predicted molar refractivity (Wildman–Crippen MR) is 82.6 cm³/mol. The average Bonchev–Trinajstić information content (AvgIpc) is 2.97. The van der Waals surface area contributed by atoms with E-state index in [4.69, 9.17) is 5.73 Å². The molecule has 0 aliphatic heterocycles. The summed E-state index contributed by atoms with van der Waals surface area (Å²) in [5.74, 6) is 5.71. The number of amides is 1. The summed E-state index contributed by atoms with van der Waals surface area (Å²) >= 11 is 1.62. The van der Waals surface area contributed by atoms with Crippen LogP contribution in [0, 0.1) is 18.8 Å². The maximum absolute atomic E-state index is 12.1. The number of hydrogen-bond acceptors (Lipinski definition) is 3. The number of nitrogens with two attached hydrogens (primary N) is 1. The lowest BCUT2D eigenvalue weighted by Gasteiger charge is -2.06. The molecule has 0 aliphatic rings. The molecule has 0 saturated heterocycles. The van der Waals surface area contributed by atoms with Crippen LogP contribution in [0.1, 0.15) is 27.0 Å². The molecular formula is C16H16N2OS. The van der Waals surface area contributed by atoms with Crippen molar-refractivity contribution in [1.29, 1.82) is 0 Å². The minimum Gasteiger partial charge on any atom is -0.348 e. The third kappa shape index (κ3) is 3.70. The Bertz CT molecular complexity index is 651. The van der Waals surface area contributed by atoms with Gasteiger partial charge in [0.15, 0.2) is 0 Å². The second-order valence-electron chi connectivity index (χ2n) is 4.35. The molecule has 0 atom stereocenters. The highest BCUT2D eigenvalue weighted by atomic mass is 32.1. The Balaban J connectivity index is 2.09. The van der Waals surface area contributed by atoms with Crippen LogP contribution in [0.5, 0.6) is 0 Å². The first kappa shape index (κ1) is 14.3. The quantitative estimate of drug-likeness (QED) is 0.850. The summed E-state index contributed by atoms with van der Waals surface area (Å²) in [5.41, 5.74) is 8.99. The fourth-order valence-electron chi connectivity index (χ4n) is 1.72. The number of benzene rings is 1. The molecule has 2 aromatic rings. The monoisotopic (exact) mass is 284 g/mol. The molecule has 0 unspecified atom stereocenters. The van der Waals surface area contributed by atoms with E-state index in [2.05, 4.69) is 17.2 Å². The van der Waals surface area contributed by atoms with Gasteiger partial charge in [0, 0.05) is 17.7 Å². The number of carbonyl (C=O) groups is 1. The van der Waals surface area contributed by atoms with E-state index < -0.39 is 0 Å². The number of nitrogens with one attached hydrogen (secondary N) is 1. The Kier molecular flexibility index (Phi) is 4.94. The minimum absolute atomic E-state index is 0.0907. The van der Waals surface area contributed by atoms with E-state index in [0.717, 1.165) is 16.7 Å². The number of thiophene rings is 1. The molecule has 0 aliphatic carbocycles. The first-order chi connectivity index (χ1) is 9.70. The van der Waals surface area contributed by atoms with Crippen molar-refractivity contribution in [2.45, 2.75) is 13.5 Å². The molecule has 0 bridgehead atoms. The third-order valence-electron chi connectivity index (χ3n) is 2.86. The highest BCUT2D eigenvalue weighted by Crippen LogP contribution is 2.11. The van der Waals surface area contributed by atoms with Crippen molar-refractivity contribution in [3.8, 4) is 11.8 Å². The van der Waals surface area contributed by atoms with Gasteiger partial charge in [0.2, 0.25) is 0 Å². The van der Waals surface area contributed by atoms with Gasteiger partial charge in [-0.15, -0.1) is 0 Å². The van der Waals surface area contributed by atoms with Crippen LogP contribution < -0.4 is 11.1 Å². The molecule has 0 fully saturated rings. The highest BCUT2D eigenvalue weighted by molar-refractivity contribution is 7.07. The zero-order chi connectivity index (χ0) is 14.4. The van der Waals surface area contributed by atoms with E-state index in [0.29, 0.717) is 18.7 Å². The van der Waals surface area contributed by atoms with Gasteiger partial charge in [0.1, 0.15) is 0 Å². The van der Waals surface area contributed by atoms with E-state index in [1.165, 1.54) is 0 Å².